The van der Waals surface area contributed by atoms with Gasteiger partial charge < -0.3 is 15.7 Å². The molecule has 18 heavy (non-hydrogen) atoms. The quantitative estimate of drug-likeness (QED) is 0.642. The van der Waals surface area contributed by atoms with Crippen molar-refractivity contribution in [3.63, 3.8) is 0 Å². The summed E-state index contributed by atoms with van der Waals surface area (Å²) in [6.45, 7) is 5.31. The fourth-order valence-corrected chi connectivity index (χ4v) is 1.60. The van der Waals surface area contributed by atoms with Crippen LogP contribution in [0.25, 0.3) is 0 Å². The number of hydrogen-bond acceptors (Lipinski definition) is 5. The number of aliphatic hydroxyl groups excluding tert-OH is 1. The minimum Gasteiger partial charge on any atom is -0.395 e. The molecule has 0 aliphatic heterocycles. The zero-order valence-electron chi connectivity index (χ0n) is 11.0. The van der Waals surface area contributed by atoms with E-state index in [-0.39, 0.29) is 6.61 Å². The lowest BCUT2D eigenvalue weighted by atomic mass is 10.1. The first-order valence-electron chi connectivity index (χ1n) is 6.23. The molecule has 5 heteroatoms. The predicted octanol–water partition coefficient (Wildman–Crippen LogP) is 1.88. The maximum Gasteiger partial charge on any atom is 0.146 e. The van der Waals surface area contributed by atoms with Gasteiger partial charge in [0.1, 0.15) is 17.7 Å². The first-order valence-corrected chi connectivity index (χ1v) is 6.23. The number of nitrogens with zero attached hydrogens (tertiary/aromatic N) is 2. The van der Waals surface area contributed by atoms with E-state index in [9.17, 15) is 0 Å². The van der Waals surface area contributed by atoms with Crippen LogP contribution in [0.4, 0.5) is 11.6 Å². The number of aliphatic hydroxyl groups is 1. The van der Waals surface area contributed by atoms with Crippen molar-refractivity contribution in [2.45, 2.75) is 26.7 Å². The Hall–Kier alpha value is -1.80. The van der Waals surface area contributed by atoms with Gasteiger partial charge in [-0.1, -0.05) is 13.3 Å². The lowest BCUT2D eigenvalue weighted by Crippen LogP contribution is -2.11. The summed E-state index contributed by atoms with van der Waals surface area (Å²) in [7, 11) is 0. The van der Waals surface area contributed by atoms with Crippen molar-refractivity contribution >= 4 is 11.6 Å². The molecule has 0 aliphatic carbocycles. The number of nitrogens with one attached hydrogen (secondary N) is 2. The van der Waals surface area contributed by atoms with Crippen molar-refractivity contribution in [1.82, 2.24) is 4.98 Å². The maximum atomic E-state index is 9.13. The third kappa shape index (κ3) is 3.90. The van der Waals surface area contributed by atoms with E-state index in [4.69, 9.17) is 10.4 Å². The third-order valence-electron chi connectivity index (χ3n) is 2.57. The Labute approximate surface area is 108 Å². The molecule has 1 aromatic heterocycles. The Balaban J connectivity index is 2.89. The summed E-state index contributed by atoms with van der Waals surface area (Å²) < 4.78 is 0. The topological polar surface area (TPSA) is 81.0 Å². The van der Waals surface area contributed by atoms with E-state index in [1.54, 1.807) is 0 Å². The molecule has 0 amide bonds. The molecule has 1 aromatic rings. The molecule has 5 nitrogen and oxygen atoms in total. The first-order chi connectivity index (χ1) is 8.72. The second kappa shape index (κ2) is 7.51. The number of nitriles is 1. The fraction of sp³-hybridized carbons (Fsp3) is 0.538. The van der Waals surface area contributed by atoms with Gasteiger partial charge in [-0.25, -0.2) is 4.98 Å². The molecule has 0 bridgehead atoms. The second-order valence-electron chi connectivity index (χ2n) is 4.09. The normalized spacial score (nSPS) is 9.89. The van der Waals surface area contributed by atoms with E-state index in [0.717, 1.165) is 24.9 Å². The van der Waals surface area contributed by atoms with E-state index in [0.29, 0.717) is 23.7 Å². The van der Waals surface area contributed by atoms with Crippen LogP contribution in [0, 0.1) is 18.3 Å². The van der Waals surface area contributed by atoms with Crippen LogP contribution >= 0.6 is 0 Å². The van der Waals surface area contributed by atoms with Gasteiger partial charge in [-0.3, -0.25) is 0 Å². The Morgan fingerprint density at radius 3 is 2.78 bits per heavy atom. The molecule has 0 spiro atoms. The van der Waals surface area contributed by atoms with Crippen molar-refractivity contribution in [2.24, 2.45) is 0 Å². The van der Waals surface area contributed by atoms with E-state index >= 15 is 0 Å². The summed E-state index contributed by atoms with van der Waals surface area (Å²) >= 11 is 0. The highest BCUT2D eigenvalue weighted by atomic mass is 16.3. The molecule has 0 saturated carbocycles. The van der Waals surface area contributed by atoms with Gasteiger partial charge in [0.2, 0.25) is 0 Å². The van der Waals surface area contributed by atoms with Gasteiger partial charge in [0.05, 0.1) is 12.2 Å². The van der Waals surface area contributed by atoms with Crippen LogP contribution in [0.3, 0.4) is 0 Å². The van der Waals surface area contributed by atoms with E-state index in [1.165, 1.54) is 0 Å². The van der Waals surface area contributed by atoms with Crippen LogP contribution in [0.15, 0.2) is 6.07 Å². The van der Waals surface area contributed by atoms with Gasteiger partial charge in [-0.15, -0.1) is 0 Å². The smallest absolute Gasteiger partial charge is 0.146 e. The molecule has 1 heterocycles. The van der Waals surface area contributed by atoms with E-state index in [2.05, 4.69) is 28.6 Å². The van der Waals surface area contributed by atoms with Crippen molar-refractivity contribution < 1.29 is 5.11 Å². The number of hydrogen-bond donors (Lipinski definition) is 3. The van der Waals surface area contributed by atoms with Crippen LogP contribution in [0.2, 0.25) is 0 Å². The van der Waals surface area contributed by atoms with Crippen molar-refractivity contribution in [3.8, 4) is 6.07 Å². The zero-order valence-corrected chi connectivity index (χ0v) is 11.0. The number of aryl methyl sites for hydroxylation is 1. The molecule has 0 aliphatic rings. The van der Waals surface area contributed by atoms with Crippen LogP contribution in [-0.4, -0.2) is 29.8 Å². The molecule has 0 atom stereocenters. The number of pyridine rings is 1. The zero-order chi connectivity index (χ0) is 13.4. The summed E-state index contributed by atoms with van der Waals surface area (Å²) in [5.74, 6) is 1.30. The molecule has 3 N–H and O–H groups in total. The van der Waals surface area contributed by atoms with Crippen LogP contribution in [-0.2, 0) is 0 Å². The van der Waals surface area contributed by atoms with Crippen molar-refractivity contribution in [1.29, 1.82) is 5.26 Å². The van der Waals surface area contributed by atoms with Gasteiger partial charge in [0.25, 0.3) is 0 Å². The van der Waals surface area contributed by atoms with Gasteiger partial charge in [-0.05, 0) is 25.0 Å². The molecule has 0 unspecified atom stereocenters. The number of rotatable bonds is 7. The Morgan fingerprint density at radius 2 is 2.17 bits per heavy atom. The summed E-state index contributed by atoms with van der Waals surface area (Å²) in [5, 5.41) is 24.1. The van der Waals surface area contributed by atoms with Crippen LogP contribution in [0.1, 0.15) is 30.9 Å². The highest BCUT2D eigenvalue weighted by Crippen LogP contribution is 2.20. The van der Waals surface area contributed by atoms with Crippen LogP contribution in [0.5, 0.6) is 0 Å². The lowest BCUT2D eigenvalue weighted by Gasteiger charge is -2.12. The minimum absolute atomic E-state index is 0.0549. The Kier molecular flexibility index (Phi) is 5.95. The summed E-state index contributed by atoms with van der Waals surface area (Å²) in [4.78, 5) is 4.36. The minimum atomic E-state index is 0.0549. The number of anilines is 2. The lowest BCUT2D eigenvalue weighted by molar-refractivity contribution is 0.311. The standard InChI is InChI=1S/C13H20N4O/c1-3-4-5-16-13-11(9-14)10(2)8-12(17-13)15-6-7-18/h8,18H,3-7H2,1-2H3,(H2,15,16,17). The van der Waals surface area contributed by atoms with Gasteiger partial charge in [-0.2, -0.15) is 5.26 Å². The molecular formula is C13H20N4O. The highest BCUT2D eigenvalue weighted by Gasteiger charge is 2.09. The predicted molar refractivity (Wildman–Crippen MR) is 72.7 cm³/mol. The van der Waals surface area contributed by atoms with Crippen molar-refractivity contribution in [2.75, 3.05) is 30.3 Å². The fourth-order valence-electron chi connectivity index (χ4n) is 1.60. The SMILES string of the molecule is CCCCNc1nc(NCCO)cc(C)c1C#N. The number of unbranched alkanes of at least 4 members (excludes halogenated alkanes) is 1. The molecule has 0 saturated heterocycles. The van der Waals surface area contributed by atoms with Gasteiger partial charge >= 0.3 is 0 Å². The second-order valence-corrected chi connectivity index (χ2v) is 4.09. The first kappa shape index (κ1) is 14.3. The Bertz CT molecular complexity index is 426. The molecule has 98 valence electrons. The average Bonchev–Trinajstić information content (AvgIpc) is 2.36. The molecule has 0 aromatic carbocycles. The monoisotopic (exact) mass is 248 g/mol. The van der Waals surface area contributed by atoms with Gasteiger partial charge in [0, 0.05) is 13.1 Å². The molecule has 1 rings (SSSR count). The third-order valence-corrected chi connectivity index (χ3v) is 2.57. The maximum absolute atomic E-state index is 9.13. The molecule has 0 fully saturated rings. The highest BCUT2D eigenvalue weighted by molar-refractivity contribution is 5.60. The molecule has 0 radical (unpaired) electrons. The largest absolute Gasteiger partial charge is 0.395 e. The Morgan fingerprint density at radius 1 is 1.39 bits per heavy atom. The average molecular weight is 248 g/mol. The molecular weight excluding hydrogens is 228 g/mol. The van der Waals surface area contributed by atoms with Crippen LogP contribution < -0.4 is 10.6 Å². The van der Waals surface area contributed by atoms with Crippen molar-refractivity contribution in [3.05, 3.63) is 17.2 Å². The van der Waals surface area contributed by atoms with Gasteiger partial charge in [0.15, 0.2) is 0 Å². The summed E-state index contributed by atoms with van der Waals surface area (Å²) in [6, 6.07) is 3.99. The van der Waals surface area contributed by atoms with E-state index < -0.39 is 0 Å². The summed E-state index contributed by atoms with van der Waals surface area (Å²) in [6.07, 6.45) is 2.14. The summed E-state index contributed by atoms with van der Waals surface area (Å²) in [5.41, 5.74) is 1.47. The number of aromatic nitrogens is 1. The van der Waals surface area contributed by atoms with E-state index in [1.807, 2.05) is 13.0 Å².